The van der Waals surface area contributed by atoms with Gasteiger partial charge in [-0.3, -0.25) is 4.79 Å². The lowest BCUT2D eigenvalue weighted by molar-refractivity contribution is 0.0595. The summed E-state index contributed by atoms with van der Waals surface area (Å²) in [4.78, 5) is 18.9. The first-order valence-corrected chi connectivity index (χ1v) is 8.05. The molecule has 3 rings (SSSR count). The number of carbonyl (C=O) groups excluding carboxylic acids is 1. The Morgan fingerprint density at radius 1 is 1.39 bits per heavy atom. The molecule has 0 saturated carbocycles. The first-order chi connectivity index (χ1) is 11.3. The van der Waals surface area contributed by atoms with Gasteiger partial charge in [-0.05, 0) is 43.9 Å². The maximum atomic E-state index is 12.8. The molecule has 0 aliphatic carbocycles. The van der Waals surface area contributed by atoms with Gasteiger partial charge in [0.15, 0.2) is 0 Å². The monoisotopic (exact) mass is 308 g/mol. The minimum Gasteiger partial charge on any atom is -0.337 e. The number of nitriles is 1. The summed E-state index contributed by atoms with van der Waals surface area (Å²) in [5.41, 5.74) is 1.14. The van der Waals surface area contributed by atoms with Crippen LogP contribution in [0.4, 0.5) is 0 Å². The van der Waals surface area contributed by atoms with Crippen LogP contribution < -0.4 is 0 Å². The van der Waals surface area contributed by atoms with Crippen LogP contribution in [-0.2, 0) is 6.54 Å². The summed E-state index contributed by atoms with van der Waals surface area (Å²) in [6, 6.07) is 9.33. The van der Waals surface area contributed by atoms with E-state index in [4.69, 9.17) is 5.26 Å². The molecule has 5 heteroatoms. The van der Waals surface area contributed by atoms with Crippen molar-refractivity contribution in [3.63, 3.8) is 0 Å². The minimum absolute atomic E-state index is 0.0393. The van der Waals surface area contributed by atoms with Crippen LogP contribution in [0.15, 0.2) is 43.0 Å². The van der Waals surface area contributed by atoms with Crippen molar-refractivity contribution in [1.29, 1.82) is 5.26 Å². The fourth-order valence-corrected chi connectivity index (χ4v) is 3.17. The number of likely N-dealkylation sites (tertiary alicyclic amines) is 1. The minimum atomic E-state index is 0.0393. The molecular weight excluding hydrogens is 288 g/mol. The second-order valence-electron chi connectivity index (χ2n) is 5.93. The highest BCUT2D eigenvalue weighted by Gasteiger charge is 2.27. The zero-order valence-electron chi connectivity index (χ0n) is 13.1. The van der Waals surface area contributed by atoms with E-state index in [0.717, 1.165) is 38.8 Å². The lowest BCUT2D eigenvalue weighted by atomic mass is 9.97. The summed E-state index contributed by atoms with van der Waals surface area (Å²) in [6.45, 7) is 1.66. The van der Waals surface area contributed by atoms with Gasteiger partial charge >= 0.3 is 0 Å². The van der Waals surface area contributed by atoms with Gasteiger partial charge in [0, 0.05) is 37.1 Å². The SMILES string of the molecule is N#Cc1cccc(C(=O)N2CCCC[C@@H]2CCn2ccnc2)c1. The third kappa shape index (κ3) is 3.59. The van der Waals surface area contributed by atoms with E-state index in [1.807, 2.05) is 22.0 Å². The molecule has 5 nitrogen and oxygen atoms in total. The average molecular weight is 308 g/mol. The number of imidazole rings is 1. The highest BCUT2D eigenvalue weighted by molar-refractivity contribution is 5.94. The maximum absolute atomic E-state index is 12.8. The average Bonchev–Trinajstić information content (AvgIpc) is 3.13. The topological polar surface area (TPSA) is 61.9 Å². The number of aromatic nitrogens is 2. The largest absolute Gasteiger partial charge is 0.337 e. The number of hydrogen-bond donors (Lipinski definition) is 0. The first kappa shape index (κ1) is 15.3. The molecule has 1 aromatic carbocycles. The van der Waals surface area contributed by atoms with Crippen molar-refractivity contribution in [1.82, 2.24) is 14.5 Å². The maximum Gasteiger partial charge on any atom is 0.254 e. The smallest absolute Gasteiger partial charge is 0.254 e. The van der Waals surface area contributed by atoms with Gasteiger partial charge in [0.25, 0.3) is 5.91 Å². The second-order valence-corrected chi connectivity index (χ2v) is 5.93. The van der Waals surface area contributed by atoms with E-state index in [1.165, 1.54) is 0 Å². The lowest BCUT2D eigenvalue weighted by Crippen LogP contribution is -2.44. The zero-order chi connectivity index (χ0) is 16.1. The van der Waals surface area contributed by atoms with Crippen LogP contribution in [0, 0.1) is 11.3 Å². The molecule has 0 unspecified atom stereocenters. The Kier molecular flexibility index (Phi) is 4.72. The van der Waals surface area contributed by atoms with Crippen molar-refractivity contribution in [2.45, 2.75) is 38.3 Å². The molecule has 2 aromatic rings. The van der Waals surface area contributed by atoms with E-state index in [2.05, 4.69) is 11.1 Å². The summed E-state index contributed by atoms with van der Waals surface area (Å²) >= 11 is 0. The number of nitrogens with zero attached hydrogens (tertiary/aromatic N) is 4. The molecule has 1 saturated heterocycles. The Morgan fingerprint density at radius 3 is 3.09 bits per heavy atom. The lowest BCUT2D eigenvalue weighted by Gasteiger charge is -2.36. The predicted octanol–water partition coefficient (Wildman–Crippen LogP) is 2.84. The van der Waals surface area contributed by atoms with Crippen LogP contribution in [0.3, 0.4) is 0 Å². The normalized spacial score (nSPS) is 17.7. The van der Waals surface area contributed by atoms with Gasteiger partial charge < -0.3 is 9.47 Å². The van der Waals surface area contributed by atoms with Gasteiger partial charge in [-0.1, -0.05) is 6.07 Å². The quantitative estimate of drug-likeness (QED) is 0.872. The number of hydrogen-bond acceptors (Lipinski definition) is 3. The van der Waals surface area contributed by atoms with Gasteiger partial charge in [0.1, 0.15) is 0 Å². The number of amides is 1. The van der Waals surface area contributed by atoms with E-state index < -0.39 is 0 Å². The summed E-state index contributed by atoms with van der Waals surface area (Å²) < 4.78 is 2.05. The van der Waals surface area contributed by atoms with Crippen molar-refractivity contribution >= 4 is 5.91 Å². The van der Waals surface area contributed by atoms with Gasteiger partial charge in [-0.15, -0.1) is 0 Å². The molecule has 0 bridgehead atoms. The number of benzene rings is 1. The first-order valence-electron chi connectivity index (χ1n) is 8.05. The Bertz CT molecular complexity index is 702. The zero-order valence-corrected chi connectivity index (χ0v) is 13.1. The molecule has 1 atom stereocenters. The molecule has 1 amide bonds. The number of aryl methyl sites for hydroxylation is 1. The molecule has 1 fully saturated rings. The third-order valence-corrected chi connectivity index (χ3v) is 4.41. The van der Waals surface area contributed by atoms with Crippen LogP contribution in [0.2, 0.25) is 0 Å². The Labute approximate surface area is 136 Å². The summed E-state index contributed by atoms with van der Waals surface area (Å²) in [5.74, 6) is 0.0393. The van der Waals surface area contributed by atoms with Gasteiger partial charge in [0.05, 0.1) is 18.0 Å². The van der Waals surface area contributed by atoms with Gasteiger partial charge in [-0.2, -0.15) is 5.26 Å². The number of piperidine rings is 1. The number of carbonyl (C=O) groups is 1. The summed E-state index contributed by atoms with van der Waals surface area (Å²) in [7, 11) is 0. The van der Waals surface area contributed by atoms with E-state index in [0.29, 0.717) is 11.1 Å². The van der Waals surface area contributed by atoms with Crippen molar-refractivity contribution < 1.29 is 4.79 Å². The second kappa shape index (κ2) is 7.10. The predicted molar refractivity (Wildman–Crippen MR) is 86.7 cm³/mol. The molecule has 1 aliphatic rings. The fraction of sp³-hybridized carbons (Fsp3) is 0.389. The molecular formula is C18H20N4O. The molecule has 0 spiro atoms. The van der Waals surface area contributed by atoms with E-state index in [-0.39, 0.29) is 11.9 Å². The van der Waals surface area contributed by atoms with Crippen molar-refractivity contribution in [3.8, 4) is 6.07 Å². The Morgan fingerprint density at radius 2 is 2.30 bits per heavy atom. The van der Waals surface area contributed by atoms with E-state index in [1.54, 1.807) is 30.5 Å². The summed E-state index contributed by atoms with van der Waals surface area (Å²) in [6.07, 6.45) is 9.72. The fourth-order valence-electron chi connectivity index (χ4n) is 3.17. The van der Waals surface area contributed by atoms with Crippen LogP contribution in [0.1, 0.15) is 41.6 Å². The van der Waals surface area contributed by atoms with Crippen molar-refractivity contribution in [2.24, 2.45) is 0 Å². The molecule has 1 aromatic heterocycles. The van der Waals surface area contributed by atoms with Crippen LogP contribution in [0.5, 0.6) is 0 Å². The number of rotatable bonds is 4. The Balaban J connectivity index is 1.72. The third-order valence-electron chi connectivity index (χ3n) is 4.41. The molecule has 1 aliphatic heterocycles. The molecule has 23 heavy (non-hydrogen) atoms. The Hall–Kier alpha value is -2.61. The highest BCUT2D eigenvalue weighted by atomic mass is 16.2. The molecule has 0 N–H and O–H groups in total. The van der Waals surface area contributed by atoms with Gasteiger partial charge in [-0.25, -0.2) is 4.98 Å². The van der Waals surface area contributed by atoms with Crippen LogP contribution in [-0.4, -0.2) is 32.9 Å². The van der Waals surface area contributed by atoms with E-state index >= 15 is 0 Å². The van der Waals surface area contributed by atoms with Crippen LogP contribution >= 0.6 is 0 Å². The van der Waals surface area contributed by atoms with Gasteiger partial charge in [0.2, 0.25) is 0 Å². The van der Waals surface area contributed by atoms with Crippen LogP contribution in [0.25, 0.3) is 0 Å². The molecule has 2 heterocycles. The summed E-state index contributed by atoms with van der Waals surface area (Å²) in [5, 5.41) is 9.01. The molecule has 118 valence electrons. The van der Waals surface area contributed by atoms with E-state index in [9.17, 15) is 4.79 Å². The highest BCUT2D eigenvalue weighted by Crippen LogP contribution is 2.23. The standard InChI is InChI=1S/C18H20N4O/c19-13-15-4-3-5-16(12-15)18(23)22-9-2-1-6-17(22)7-10-21-11-8-20-14-21/h3-5,8,11-12,14,17H,1-2,6-7,9-10H2/t17-/m1/s1. The van der Waals surface area contributed by atoms with Crippen molar-refractivity contribution in [2.75, 3.05) is 6.54 Å². The van der Waals surface area contributed by atoms with Crippen molar-refractivity contribution in [3.05, 3.63) is 54.1 Å². The molecule has 0 radical (unpaired) electrons.